The molecule has 0 spiro atoms. The van der Waals surface area contributed by atoms with Gasteiger partial charge in [-0.05, 0) is 43.2 Å². The van der Waals surface area contributed by atoms with Crippen LogP contribution in [-0.2, 0) is 9.53 Å². The summed E-state index contributed by atoms with van der Waals surface area (Å²) < 4.78 is 5.10. The van der Waals surface area contributed by atoms with E-state index in [1.54, 1.807) is 0 Å². The molecule has 2 heterocycles. The van der Waals surface area contributed by atoms with Crippen LogP contribution in [0, 0.1) is 25.7 Å². The molecule has 0 radical (unpaired) electrons. The molecule has 1 saturated heterocycles. The Morgan fingerprint density at radius 1 is 1.21 bits per heavy atom. The van der Waals surface area contributed by atoms with E-state index in [1.165, 1.54) is 13.5 Å². The monoisotopic (exact) mass is 385 g/mol. The normalized spacial score (nSPS) is 25.9. The number of carbonyl (C=O) groups excluding carboxylic acids is 2. The number of hydrogen-bond acceptors (Lipinski definition) is 4. The first-order chi connectivity index (χ1) is 13.3. The summed E-state index contributed by atoms with van der Waals surface area (Å²) in [6, 6.07) is 5.27. The van der Waals surface area contributed by atoms with Crippen LogP contribution in [0.2, 0.25) is 0 Å². The molecule has 0 aromatic heterocycles. The molecule has 2 amide bonds. The summed E-state index contributed by atoms with van der Waals surface area (Å²) in [4.78, 5) is 27.5. The molecule has 3 atom stereocenters. The van der Waals surface area contributed by atoms with Gasteiger partial charge < -0.3 is 15.4 Å². The number of nitrogens with one attached hydrogen (secondary N) is 2. The predicted molar refractivity (Wildman–Crippen MR) is 109 cm³/mol. The van der Waals surface area contributed by atoms with E-state index in [1.807, 2.05) is 32.0 Å². The highest BCUT2D eigenvalue weighted by molar-refractivity contribution is 5.95. The van der Waals surface area contributed by atoms with Gasteiger partial charge in [-0.3, -0.25) is 4.90 Å². The summed E-state index contributed by atoms with van der Waals surface area (Å²) in [5, 5.41) is 5.80. The quantitative estimate of drug-likeness (QED) is 0.782. The number of hydrogen-bond donors (Lipinski definition) is 2. The second kappa shape index (κ2) is 8.35. The van der Waals surface area contributed by atoms with E-state index in [0.717, 1.165) is 29.8 Å². The zero-order chi connectivity index (χ0) is 20.4. The maximum Gasteiger partial charge on any atom is 0.338 e. The predicted octanol–water partition coefficient (Wildman–Crippen LogP) is 3.06. The molecule has 6 nitrogen and oxygen atoms in total. The summed E-state index contributed by atoms with van der Waals surface area (Å²) in [6.07, 6.45) is 1.21. The van der Waals surface area contributed by atoms with Crippen LogP contribution in [0.5, 0.6) is 0 Å². The molecule has 6 heteroatoms. The minimum Gasteiger partial charge on any atom is -0.466 e. The largest absolute Gasteiger partial charge is 0.466 e. The van der Waals surface area contributed by atoms with Crippen LogP contribution in [0.4, 0.5) is 4.79 Å². The lowest BCUT2D eigenvalue weighted by molar-refractivity contribution is -0.136. The van der Waals surface area contributed by atoms with E-state index in [2.05, 4.69) is 29.4 Å². The Kier molecular flexibility index (Phi) is 6.08. The fraction of sp³-hybridized carbons (Fsp3) is 0.545. The number of urea groups is 1. The van der Waals surface area contributed by atoms with Crippen LogP contribution >= 0.6 is 0 Å². The summed E-state index contributed by atoms with van der Waals surface area (Å²) in [6.45, 7) is 10.9. The highest BCUT2D eigenvalue weighted by Crippen LogP contribution is 2.31. The number of piperidine rings is 1. The van der Waals surface area contributed by atoms with Crippen molar-refractivity contribution in [2.75, 3.05) is 26.7 Å². The number of esters is 1. The molecule has 0 unspecified atom stereocenters. The van der Waals surface area contributed by atoms with Crippen LogP contribution in [0.1, 0.15) is 43.0 Å². The SMILES string of the molecule is COC(=O)C1=C(CN2C[C@@H](C)C[C@H](C)C2)NC(=O)N[C@H]1c1cc(C)ccc1C. The van der Waals surface area contributed by atoms with Gasteiger partial charge in [0.2, 0.25) is 0 Å². The van der Waals surface area contributed by atoms with Gasteiger partial charge in [0.05, 0.1) is 18.7 Å². The average Bonchev–Trinajstić information content (AvgIpc) is 2.61. The Morgan fingerprint density at radius 3 is 2.54 bits per heavy atom. The van der Waals surface area contributed by atoms with Gasteiger partial charge in [-0.25, -0.2) is 9.59 Å². The van der Waals surface area contributed by atoms with Gasteiger partial charge in [0, 0.05) is 25.3 Å². The number of likely N-dealkylation sites (tertiary alicyclic amines) is 1. The standard InChI is InChI=1S/C22H31N3O3/c1-13-6-7-16(4)17(9-13)20-19(21(26)28-5)18(23-22(27)24-20)12-25-10-14(2)8-15(3)11-25/h6-7,9,14-15,20H,8,10-12H2,1-5H3,(H2,23,24,27)/t14-,15-,20-/m0/s1. The lowest BCUT2D eigenvalue weighted by Gasteiger charge is -2.37. The van der Waals surface area contributed by atoms with Crippen molar-refractivity contribution in [1.82, 2.24) is 15.5 Å². The van der Waals surface area contributed by atoms with E-state index < -0.39 is 12.0 Å². The van der Waals surface area contributed by atoms with Gasteiger partial charge in [-0.2, -0.15) is 0 Å². The van der Waals surface area contributed by atoms with Gasteiger partial charge >= 0.3 is 12.0 Å². The number of amides is 2. The zero-order valence-corrected chi connectivity index (χ0v) is 17.5. The molecule has 0 saturated carbocycles. The molecule has 0 bridgehead atoms. The second-order valence-corrected chi connectivity index (χ2v) is 8.42. The van der Waals surface area contributed by atoms with Gasteiger partial charge in [0.15, 0.2) is 0 Å². The second-order valence-electron chi connectivity index (χ2n) is 8.42. The molecule has 2 N–H and O–H groups in total. The van der Waals surface area contributed by atoms with Gasteiger partial charge in [0.25, 0.3) is 0 Å². The van der Waals surface area contributed by atoms with Crippen LogP contribution in [0.25, 0.3) is 0 Å². The van der Waals surface area contributed by atoms with Crippen LogP contribution in [-0.4, -0.2) is 43.6 Å². The third-order valence-electron chi connectivity index (χ3n) is 5.63. The van der Waals surface area contributed by atoms with Crippen LogP contribution < -0.4 is 10.6 Å². The first-order valence-electron chi connectivity index (χ1n) is 9.96. The lowest BCUT2D eigenvalue weighted by Crippen LogP contribution is -2.50. The maximum atomic E-state index is 12.7. The third kappa shape index (κ3) is 4.38. The summed E-state index contributed by atoms with van der Waals surface area (Å²) in [5.74, 6) is 0.780. The molecule has 2 aliphatic rings. The Hall–Kier alpha value is -2.34. The Labute approximate surface area is 167 Å². The molecular formula is C22H31N3O3. The van der Waals surface area contributed by atoms with Crippen molar-refractivity contribution in [1.29, 1.82) is 0 Å². The van der Waals surface area contributed by atoms with Crippen molar-refractivity contribution in [3.05, 3.63) is 46.2 Å². The van der Waals surface area contributed by atoms with E-state index in [-0.39, 0.29) is 6.03 Å². The van der Waals surface area contributed by atoms with Crippen molar-refractivity contribution < 1.29 is 14.3 Å². The number of benzene rings is 1. The highest BCUT2D eigenvalue weighted by Gasteiger charge is 2.35. The molecule has 28 heavy (non-hydrogen) atoms. The number of methoxy groups -OCH3 is 1. The Bertz CT molecular complexity index is 792. The molecule has 2 aliphatic heterocycles. The molecule has 1 aromatic carbocycles. The smallest absolute Gasteiger partial charge is 0.338 e. The van der Waals surface area contributed by atoms with Gasteiger partial charge in [-0.15, -0.1) is 0 Å². The van der Waals surface area contributed by atoms with E-state index in [4.69, 9.17) is 4.74 Å². The highest BCUT2D eigenvalue weighted by atomic mass is 16.5. The minimum atomic E-state index is -0.518. The van der Waals surface area contributed by atoms with Crippen molar-refractivity contribution >= 4 is 12.0 Å². The minimum absolute atomic E-state index is 0.285. The first-order valence-corrected chi connectivity index (χ1v) is 9.96. The van der Waals surface area contributed by atoms with Crippen molar-refractivity contribution in [2.45, 2.75) is 40.2 Å². The maximum absolute atomic E-state index is 12.7. The third-order valence-corrected chi connectivity index (χ3v) is 5.63. The Balaban J connectivity index is 2.02. The number of carbonyl (C=O) groups is 2. The van der Waals surface area contributed by atoms with Gasteiger partial charge in [0.1, 0.15) is 0 Å². The molecule has 0 aliphatic carbocycles. The first kappa shape index (κ1) is 20.4. The Morgan fingerprint density at radius 2 is 1.89 bits per heavy atom. The molecular weight excluding hydrogens is 354 g/mol. The number of rotatable bonds is 4. The topological polar surface area (TPSA) is 70.7 Å². The molecule has 1 fully saturated rings. The van der Waals surface area contributed by atoms with Crippen LogP contribution in [0.15, 0.2) is 29.5 Å². The fourth-order valence-electron chi connectivity index (χ4n) is 4.54. The summed E-state index contributed by atoms with van der Waals surface area (Å²) >= 11 is 0. The van der Waals surface area contributed by atoms with Crippen molar-refractivity contribution in [2.24, 2.45) is 11.8 Å². The molecule has 152 valence electrons. The average molecular weight is 386 g/mol. The fourth-order valence-corrected chi connectivity index (χ4v) is 4.54. The van der Waals surface area contributed by atoms with Crippen LogP contribution in [0.3, 0.4) is 0 Å². The number of ether oxygens (including phenoxy) is 1. The zero-order valence-electron chi connectivity index (χ0n) is 17.5. The van der Waals surface area contributed by atoms with Crippen molar-refractivity contribution in [3.8, 4) is 0 Å². The number of nitrogens with zero attached hydrogens (tertiary/aromatic N) is 1. The lowest BCUT2D eigenvalue weighted by atomic mass is 9.89. The van der Waals surface area contributed by atoms with E-state index in [9.17, 15) is 9.59 Å². The summed E-state index contributed by atoms with van der Waals surface area (Å²) in [5.41, 5.74) is 4.16. The summed E-state index contributed by atoms with van der Waals surface area (Å²) in [7, 11) is 1.38. The molecule has 3 rings (SSSR count). The van der Waals surface area contributed by atoms with Gasteiger partial charge in [-0.1, -0.05) is 37.6 Å². The van der Waals surface area contributed by atoms with Crippen molar-refractivity contribution in [3.63, 3.8) is 0 Å². The number of aryl methyl sites for hydroxylation is 2. The van der Waals surface area contributed by atoms with E-state index >= 15 is 0 Å². The van der Waals surface area contributed by atoms with E-state index in [0.29, 0.717) is 29.7 Å². The molecule has 1 aromatic rings.